The number of hydrogen-bond donors (Lipinski definition) is 0. The van der Waals surface area contributed by atoms with Crippen LogP contribution in [0.5, 0.6) is 5.75 Å². The molecule has 160 valence electrons. The maximum Gasteiger partial charge on any atom is 0.260 e. The van der Waals surface area contributed by atoms with Crippen molar-refractivity contribution in [2.75, 3.05) is 37.7 Å². The molecule has 0 saturated carbocycles. The van der Waals surface area contributed by atoms with Gasteiger partial charge >= 0.3 is 0 Å². The number of rotatable bonds is 5. The smallest absolute Gasteiger partial charge is 0.260 e. The molecule has 0 N–H and O–H groups in total. The van der Waals surface area contributed by atoms with Gasteiger partial charge in [-0.05, 0) is 62.2 Å². The molecule has 0 spiro atoms. The Kier molecular flexibility index (Phi) is 6.16. The highest BCUT2D eigenvalue weighted by atomic mass is 16.5. The Hall–Kier alpha value is -3.41. The van der Waals surface area contributed by atoms with E-state index in [1.54, 1.807) is 0 Å². The number of aryl methyl sites for hydroxylation is 3. The molecule has 0 unspecified atom stereocenters. The SMILES string of the molecule is Cc1ccc(OCC(=O)N2CCN(c3ccc(-c4ccc(C)c(C)c4)nn3)CC2)cc1. The number of anilines is 1. The lowest BCUT2D eigenvalue weighted by atomic mass is 10.0. The maximum absolute atomic E-state index is 12.5. The van der Waals surface area contributed by atoms with Gasteiger partial charge in [0, 0.05) is 31.7 Å². The van der Waals surface area contributed by atoms with Crippen LogP contribution in [-0.2, 0) is 4.79 Å². The van der Waals surface area contributed by atoms with Gasteiger partial charge in [-0.3, -0.25) is 4.79 Å². The van der Waals surface area contributed by atoms with Gasteiger partial charge in [0.2, 0.25) is 0 Å². The van der Waals surface area contributed by atoms with Gasteiger partial charge in [-0.25, -0.2) is 0 Å². The molecule has 3 aromatic rings. The van der Waals surface area contributed by atoms with Crippen molar-refractivity contribution in [2.24, 2.45) is 0 Å². The van der Waals surface area contributed by atoms with Crippen molar-refractivity contribution in [1.29, 1.82) is 0 Å². The molecule has 31 heavy (non-hydrogen) atoms. The fourth-order valence-electron chi connectivity index (χ4n) is 3.60. The topological polar surface area (TPSA) is 58.6 Å². The second-order valence-corrected chi connectivity index (χ2v) is 8.05. The normalized spacial score (nSPS) is 13.9. The summed E-state index contributed by atoms with van der Waals surface area (Å²) in [5, 5.41) is 8.86. The van der Waals surface area contributed by atoms with E-state index in [0.717, 1.165) is 35.9 Å². The number of benzene rings is 2. The number of piperazine rings is 1. The summed E-state index contributed by atoms with van der Waals surface area (Å²) in [6, 6.07) is 18.1. The van der Waals surface area contributed by atoms with Crippen molar-refractivity contribution in [3.05, 3.63) is 71.3 Å². The van der Waals surface area contributed by atoms with Crippen LogP contribution in [-0.4, -0.2) is 53.8 Å². The molecule has 1 amide bonds. The number of carbonyl (C=O) groups excluding carboxylic acids is 1. The van der Waals surface area contributed by atoms with Crippen LogP contribution in [0, 0.1) is 20.8 Å². The predicted molar refractivity (Wildman–Crippen MR) is 122 cm³/mol. The van der Waals surface area contributed by atoms with E-state index in [9.17, 15) is 4.79 Å². The fraction of sp³-hybridized carbons (Fsp3) is 0.320. The van der Waals surface area contributed by atoms with Crippen LogP contribution in [0.1, 0.15) is 16.7 Å². The molecule has 6 heteroatoms. The second kappa shape index (κ2) is 9.16. The van der Waals surface area contributed by atoms with Crippen molar-refractivity contribution in [2.45, 2.75) is 20.8 Å². The fourth-order valence-corrected chi connectivity index (χ4v) is 3.60. The van der Waals surface area contributed by atoms with Crippen LogP contribution in [0.15, 0.2) is 54.6 Å². The zero-order valence-electron chi connectivity index (χ0n) is 18.3. The summed E-state index contributed by atoms with van der Waals surface area (Å²) in [6.07, 6.45) is 0. The van der Waals surface area contributed by atoms with Gasteiger partial charge in [-0.1, -0.05) is 29.8 Å². The lowest BCUT2D eigenvalue weighted by molar-refractivity contribution is -0.133. The first-order valence-electron chi connectivity index (χ1n) is 10.6. The van der Waals surface area contributed by atoms with E-state index in [1.807, 2.05) is 48.2 Å². The molecule has 1 fully saturated rings. The zero-order valence-corrected chi connectivity index (χ0v) is 18.3. The van der Waals surface area contributed by atoms with Crippen LogP contribution in [0.2, 0.25) is 0 Å². The van der Waals surface area contributed by atoms with Crippen LogP contribution < -0.4 is 9.64 Å². The van der Waals surface area contributed by atoms with Gasteiger partial charge in [-0.15, -0.1) is 10.2 Å². The summed E-state index contributed by atoms with van der Waals surface area (Å²) in [4.78, 5) is 16.5. The standard InChI is InChI=1S/C25H28N4O2/c1-18-4-8-22(9-5-18)31-17-25(30)29-14-12-28(13-15-29)24-11-10-23(26-27-24)21-7-6-19(2)20(3)16-21/h4-11,16H,12-15,17H2,1-3H3. The van der Waals surface area contributed by atoms with Crippen molar-refractivity contribution in [1.82, 2.24) is 15.1 Å². The van der Waals surface area contributed by atoms with Crippen molar-refractivity contribution < 1.29 is 9.53 Å². The van der Waals surface area contributed by atoms with Gasteiger partial charge in [0.25, 0.3) is 5.91 Å². The summed E-state index contributed by atoms with van der Waals surface area (Å²) < 4.78 is 5.63. The lowest BCUT2D eigenvalue weighted by Crippen LogP contribution is -2.50. The number of ether oxygens (including phenoxy) is 1. The van der Waals surface area contributed by atoms with Gasteiger partial charge in [0.15, 0.2) is 12.4 Å². The first-order valence-corrected chi connectivity index (χ1v) is 10.6. The van der Waals surface area contributed by atoms with Crippen molar-refractivity contribution in [3.63, 3.8) is 0 Å². The van der Waals surface area contributed by atoms with E-state index in [0.29, 0.717) is 13.1 Å². The Morgan fingerprint density at radius 3 is 2.26 bits per heavy atom. The average Bonchev–Trinajstić information content (AvgIpc) is 2.80. The highest BCUT2D eigenvalue weighted by Gasteiger charge is 2.22. The molecule has 4 rings (SSSR count). The van der Waals surface area contributed by atoms with Crippen LogP contribution >= 0.6 is 0 Å². The molecule has 1 saturated heterocycles. The van der Waals surface area contributed by atoms with Crippen LogP contribution in [0.3, 0.4) is 0 Å². The molecule has 0 bridgehead atoms. The molecule has 6 nitrogen and oxygen atoms in total. The summed E-state index contributed by atoms with van der Waals surface area (Å²) in [6.45, 7) is 9.05. The highest BCUT2D eigenvalue weighted by Crippen LogP contribution is 2.22. The number of carbonyl (C=O) groups is 1. The van der Waals surface area contributed by atoms with E-state index in [1.165, 1.54) is 16.7 Å². The third-order valence-corrected chi connectivity index (χ3v) is 5.79. The van der Waals surface area contributed by atoms with Crippen LogP contribution in [0.25, 0.3) is 11.3 Å². The first kappa shape index (κ1) is 20.8. The summed E-state index contributed by atoms with van der Waals surface area (Å²) >= 11 is 0. The molecule has 1 aromatic heterocycles. The Morgan fingerprint density at radius 1 is 0.871 bits per heavy atom. The molecule has 1 aliphatic heterocycles. The Morgan fingerprint density at radius 2 is 1.61 bits per heavy atom. The summed E-state index contributed by atoms with van der Waals surface area (Å²) in [7, 11) is 0. The summed E-state index contributed by atoms with van der Waals surface area (Å²) in [5.74, 6) is 1.57. The number of hydrogen-bond acceptors (Lipinski definition) is 5. The van der Waals surface area contributed by atoms with Gasteiger partial charge in [0.05, 0.1) is 5.69 Å². The molecular formula is C25H28N4O2. The Bertz CT molecular complexity index is 1040. The van der Waals surface area contributed by atoms with Crippen molar-refractivity contribution >= 4 is 11.7 Å². The molecule has 1 aliphatic rings. The van der Waals surface area contributed by atoms with Gasteiger partial charge in [0.1, 0.15) is 5.75 Å². The number of aromatic nitrogens is 2. The minimum Gasteiger partial charge on any atom is -0.484 e. The first-order chi connectivity index (χ1) is 15.0. The highest BCUT2D eigenvalue weighted by molar-refractivity contribution is 5.78. The molecule has 2 aromatic carbocycles. The number of nitrogens with zero attached hydrogens (tertiary/aromatic N) is 4. The Labute approximate surface area is 183 Å². The van der Waals surface area contributed by atoms with E-state index < -0.39 is 0 Å². The molecule has 0 radical (unpaired) electrons. The minimum absolute atomic E-state index is 0.0106. The lowest BCUT2D eigenvalue weighted by Gasteiger charge is -2.35. The quantitative estimate of drug-likeness (QED) is 0.633. The third kappa shape index (κ3) is 5.02. The van der Waals surface area contributed by atoms with Crippen LogP contribution in [0.4, 0.5) is 5.82 Å². The predicted octanol–water partition coefficient (Wildman–Crippen LogP) is 3.80. The maximum atomic E-state index is 12.5. The minimum atomic E-state index is 0.0106. The molecule has 2 heterocycles. The van der Waals surface area contributed by atoms with Gasteiger partial charge < -0.3 is 14.5 Å². The number of amides is 1. The van der Waals surface area contributed by atoms with E-state index in [2.05, 4.69) is 47.1 Å². The third-order valence-electron chi connectivity index (χ3n) is 5.79. The average molecular weight is 417 g/mol. The molecular weight excluding hydrogens is 388 g/mol. The monoisotopic (exact) mass is 416 g/mol. The summed E-state index contributed by atoms with van der Waals surface area (Å²) in [5.41, 5.74) is 5.63. The Balaban J connectivity index is 1.30. The van der Waals surface area contributed by atoms with E-state index >= 15 is 0 Å². The molecule has 0 atom stereocenters. The van der Waals surface area contributed by atoms with Gasteiger partial charge in [-0.2, -0.15) is 0 Å². The van der Waals surface area contributed by atoms with E-state index in [-0.39, 0.29) is 12.5 Å². The van der Waals surface area contributed by atoms with Crippen molar-refractivity contribution in [3.8, 4) is 17.0 Å². The second-order valence-electron chi connectivity index (χ2n) is 8.05. The molecule has 0 aliphatic carbocycles. The largest absolute Gasteiger partial charge is 0.484 e. The zero-order chi connectivity index (χ0) is 21.8. The van der Waals surface area contributed by atoms with E-state index in [4.69, 9.17) is 4.74 Å².